The third-order valence-corrected chi connectivity index (χ3v) is 5.03. The number of amides is 2. The Balaban J connectivity index is 1.68. The van der Waals surface area contributed by atoms with Gasteiger partial charge < -0.3 is 15.0 Å². The monoisotopic (exact) mass is 370 g/mol. The lowest BCUT2D eigenvalue weighted by Gasteiger charge is -2.25. The van der Waals surface area contributed by atoms with E-state index in [-0.39, 0.29) is 48.1 Å². The number of likely N-dealkylation sites (tertiary alicyclic amines) is 1. The van der Waals surface area contributed by atoms with Crippen molar-refractivity contribution >= 4 is 11.8 Å². The Morgan fingerprint density at radius 1 is 1.30 bits per heavy atom. The van der Waals surface area contributed by atoms with E-state index in [4.69, 9.17) is 4.74 Å². The highest BCUT2D eigenvalue weighted by molar-refractivity contribution is 5.91. The lowest BCUT2D eigenvalue weighted by molar-refractivity contribution is -0.125. The molecule has 3 heterocycles. The van der Waals surface area contributed by atoms with Crippen LogP contribution >= 0.6 is 0 Å². The predicted octanol–water partition coefficient (Wildman–Crippen LogP) is 1.05. The van der Waals surface area contributed by atoms with Gasteiger partial charge >= 0.3 is 0 Å². The molecule has 1 aromatic carbocycles. The van der Waals surface area contributed by atoms with E-state index in [9.17, 15) is 14.0 Å². The summed E-state index contributed by atoms with van der Waals surface area (Å²) in [5.74, 6) is -0.909. The van der Waals surface area contributed by atoms with E-state index in [2.05, 4.69) is 15.3 Å². The van der Waals surface area contributed by atoms with Crippen LogP contribution in [0.15, 0.2) is 36.5 Å². The molecule has 0 radical (unpaired) electrons. The van der Waals surface area contributed by atoms with Crippen molar-refractivity contribution in [3.63, 3.8) is 0 Å². The first-order chi connectivity index (χ1) is 13.0. The van der Waals surface area contributed by atoms with Gasteiger partial charge in [-0.15, -0.1) is 0 Å². The average Bonchev–Trinajstić information content (AvgIpc) is 2.92. The number of benzene rings is 1. The van der Waals surface area contributed by atoms with Crippen molar-refractivity contribution in [2.75, 3.05) is 19.7 Å². The Morgan fingerprint density at radius 2 is 2.07 bits per heavy atom. The molecule has 0 bridgehead atoms. The molecule has 1 N–H and O–H groups in total. The molecule has 0 spiro atoms. The summed E-state index contributed by atoms with van der Waals surface area (Å²) >= 11 is 0. The maximum Gasteiger partial charge on any atom is 0.292 e. The number of aryl methyl sites for hydroxylation is 1. The lowest BCUT2D eigenvalue weighted by Crippen LogP contribution is -2.46. The Kier molecular flexibility index (Phi) is 4.57. The molecular weight excluding hydrogens is 351 g/mol. The number of hydrogen-bond acceptors (Lipinski definition) is 5. The quantitative estimate of drug-likeness (QED) is 0.854. The fourth-order valence-corrected chi connectivity index (χ4v) is 3.71. The molecule has 4 rings (SSSR count). The van der Waals surface area contributed by atoms with Crippen molar-refractivity contribution < 1.29 is 18.7 Å². The summed E-state index contributed by atoms with van der Waals surface area (Å²) in [4.78, 5) is 34.8. The van der Waals surface area contributed by atoms with Crippen LogP contribution in [-0.4, -0.2) is 58.5 Å². The fourth-order valence-electron chi connectivity index (χ4n) is 3.71. The van der Waals surface area contributed by atoms with Crippen molar-refractivity contribution in [1.29, 1.82) is 0 Å². The van der Waals surface area contributed by atoms with E-state index in [0.717, 1.165) is 5.56 Å². The summed E-state index contributed by atoms with van der Waals surface area (Å²) in [5, 5.41) is 2.79. The minimum absolute atomic E-state index is 0.0676. The van der Waals surface area contributed by atoms with Crippen LogP contribution in [0.3, 0.4) is 0 Å². The van der Waals surface area contributed by atoms with Crippen molar-refractivity contribution in [3.8, 4) is 0 Å². The van der Waals surface area contributed by atoms with Gasteiger partial charge in [0, 0.05) is 30.9 Å². The molecule has 27 heavy (non-hydrogen) atoms. The molecule has 2 saturated heterocycles. The van der Waals surface area contributed by atoms with Gasteiger partial charge in [-0.25, -0.2) is 14.4 Å². The Morgan fingerprint density at radius 3 is 2.81 bits per heavy atom. The molecule has 8 heteroatoms. The van der Waals surface area contributed by atoms with Crippen molar-refractivity contribution in [3.05, 3.63) is 59.4 Å². The zero-order valence-electron chi connectivity index (χ0n) is 14.8. The number of ether oxygens (including phenoxy) is 1. The van der Waals surface area contributed by atoms with E-state index in [1.807, 2.05) is 0 Å². The minimum atomic E-state index is -0.372. The topological polar surface area (TPSA) is 84.4 Å². The van der Waals surface area contributed by atoms with Crippen LogP contribution in [0.4, 0.5) is 4.39 Å². The van der Waals surface area contributed by atoms with Crippen LogP contribution in [-0.2, 0) is 9.53 Å². The molecule has 2 fully saturated rings. The Labute approximate surface area is 155 Å². The lowest BCUT2D eigenvalue weighted by atomic mass is 9.93. The number of rotatable bonds is 2. The summed E-state index contributed by atoms with van der Waals surface area (Å²) in [6, 6.07) is 7.54. The summed E-state index contributed by atoms with van der Waals surface area (Å²) in [6.45, 7) is 2.40. The van der Waals surface area contributed by atoms with Crippen molar-refractivity contribution in [1.82, 2.24) is 20.2 Å². The molecule has 3 atom stereocenters. The largest absolute Gasteiger partial charge is 0.365 e. The fraction of sp³-hybridized carbons (Fsp3) is 0.368. The number of carbonyl (C=O) groups is 2. The van der Waals surface area contributed by atoms with Crippen LogP contribution in [0.2, 0.25) is 0 Å². The van der Waals surface area contributed by atoms with Crippen LogP contribution in [0.25, 0.3) is 0 Å². The highest BCUT2D eigenvalue weighted by atomic mass is 19.1. The number of fused-ring (bicyclic) bond motifs is 1. The highest BCUT2D eigenvalue weighted by Crippen LogP contribution is 2.35. The number of carbonyl (C=O) groups excluding carboxylic acids is 2. The predicted molar refractivity (Wildman–Crippen MR) is 93.5 cm³/mol. The molecule has 2 aliphatic heterocycles. The van der Waals surface area contributed by atoms with Gasteiger partial charge in [0.25, 0.3) is 5.91 Å². The third kappa shape index (κ3) is 3.40. The number of hydrogen-bond donors (Lipinski definition) is 1. The molecule has 2 aromatic rings. The van der Waals surface area contributed by atoms with E-state index in [0.29, 0.717) is 18.8 Å². The molecule has 140 valence electrons. The number of nitrogens with one attached hydrogen (secondary N) is 1. The molecule has 2 aliphatic rings. The SMILES string of the molecule is Cc1ccnc(C(=O)N2C[C@H](c3ccc(F)cc3)[C@H]3OCC(=O)NC[C@H]32)n1. The summed E-state index contributed by atoms with van der Waals surface area (Å²) in [6.07, 6.45) is 1.18. The zero-order chi connectivity index (χ0) is 19.0. The van der Waals surface area contributed by atoms with Gasteiger partial charge in [0.2, 0.25) is 11.7 Å². The Hall–Kier alpha value is -2.87. The van der Waals surface area contributed by atoms with Gasteiger partial charge in [-0.1, -0.05) is 12.1 Å². The van der Waals surface area contributed by atoms with Gasteiger partial charge in [-0.3, -0.25) is 9.59 Å². The van der Waals surface area contributed by atoms with E-state index < -0.39 is 0 Å². The summed E-state index contributed by atoms with van der Waals surface area (Å²) in [5.41, 5.74) is 1.56. The summed E-state index contributed by atoms with van der Waals surface area (Å²) in [7, 11) is 0. The molecule has 0 saturated carbocycles. The average molecular weight is 370 g/mol. The Bertz CT molecular complexity index is 874. The second-order valence-corrected chi connectivity index (χ2v) is 6.78. The van der Waals surface area contributed by atoms with Crippen molar-refractivity contribution in [2.24, 2.45) is 0 Å². The maximum absolute atomic E-state index is 13.3. The molecule has 7 nitrogen and oxygen atoms in total. The number of halogens is 1. The van der Waals surface area contributed by atoms with Crippen LogP contribution in [0.1, 0.15) is 27.8 Å². The van der Waals surface area contributed by atoms with Gasteiger partial charge in [0.15, 0.2) is 0 Å². The molecular formula is C19H19FN4O3. The first kappa shape index (κ1) is 17.5. The standard InChI is InChI=1S/C19H19FN4O3/c1-11-6-7-21-18(23-11)19(26)24-9-14(12-2-4-13(20)5-3-12)17-15(24)8-22-16(25)10-27-17/h2-7,14-15,17H,8-10H2,1H3,(H,22,25)/t14-,15-,17-/m1/s1. The number of aromatic nitrogens is 2. The summed E-state index contributed by atoms with van der Waals surface area (Å²) < 4.78 is 19.2. The molecule has 0 aliphatic carbocycles. The van der Waals surface area contributed by atoms with Crippen LogP contribution < -0.4 is 5.32 Å². The smallest absolute Gasteiger partial charge is 0.292 e. The van der Waals surface area contributed by atoms with Gasteiger partial charge in [0.1, 0.15) is 12.4 Å². The van der Waals surface area contributed by atoms with E-state index in [1.54, 1.807) is 36.2 Å². The van der Waals surface area contributed by atoms with Gasteiger partial charge in [-0.05, 0) is 30.7 Å². The van der Waals surface area contributed by atoms with Crippen LogP contribution in [0, 0.1) is 12.7 Å². The first-order valence-corrected chi connectivity index (χ1v) is 8.77. The maximum atomic E-state index is 13.3. The molecule has 2 amide bonds. The molecule has 0 unspecified atom stereocenters. The normalized spacial score (nSPS) is 24.9. The number of nitrogens with zero attached hydrogens (tertiary/aromatic N) is 3. The van der Waals surface area contributed by atoms with Gasteiger partial charge in [-0.2, -0.15) is 0 Å². The first-order valence-electron chi connectivity index (χ1n) is 8.77. The van der Waals surface area contributed by atoms with Gasteiger partial charge in [0.05, 0.1) is 12.1 Å². The van der Waals surface area contributed by atoms with Crippen molar-refractivity contribution in [2.45, 2.75) is 25.0 Å². The minimum Gasteiger partial charge on any atom is -0.365 e. The highest BCUT2D eigenvalue weighted by Gasteiger charge is 2.47. The van der Waals surface area contributed by atoms with E-state index in [1.165, 1.54) is 12.1 Å². The van der Waals surface area contributed by atoms with Crippen LogP contribution in [0.5, 0.6) is 0 Å². The van der Waals surface area contributed by atoms with E-state index >= 15 is 0 Å². The molecule has 1 aromatic heterocycles. The second-order valence-electron chi connectivity index (χ2n) is 6.78. The zero-order valence-corrected chi connectivity index (χ0v) is 14.8. The second kappa shape index (κ2) is 7.03. The third-order valence-electron chi connectivity index (χ3n) is 5.03.